The highest BCUT2D eigenvalue weighted by atomic mass is 19.4. The molecule has 0 aromatic heterocycles. The molecule has 1 aromatic carbocycles. The van der Waals surface area contributed by atoms with Gasteiger partial charge in [-0.2, -0.15) is 0 Å². The summed E-state index contributed by atoms with van der Waals surface area (Å²) in [6.45, 7) is 0.702. The van der Waals surface area contributed by atoms with Crippen molar-refractivity contribution in [3.63, 3.8) is 0 Å². The predicted octanol–water partition coefficient (Wildman–Crippen LogP) is 1.76. The summed E-state index contributed by atoms with van der Waals surface area (Å²) in [5.41, 5.74) is 0.355. The van der Waals surface area contributed by atoms with Crippen LogP contribution in [0.4, 0.5) is 18.9 Å². The largest absolute Gasteiger partial charge is 0.573 e. The summed E-state index contributed by atoms with van der Waals surface area (Å²) in [5.74, 6) is -0.633. The smallest absolute Gasteiger partial charge is 0.406 e. The molecule has 0 aliphatic rings. The van der Waals surface area contributed by atoms with Gasteiger partial charge in [-0.15, -0.1) is 13.2 Å². The summed E-state index contributed by atoms with van der Waals surface area (Å²) >= 11 is 0. The molecule has 0 fully saturated rings. The first-order valence-electron chi connectivity index (χ1n) is 5.76. The average molecular weight is 292 g/mol. The van der Waals surface area contributed by atoms with E-state index in [1.54, 1.807) is 0 Å². The number of rotatable bonds is 7. The topological polar surface area (TPSA) is 59.6 Å². The zero-order valence-electron chi connectivity index (χ0n) is 10.8. The first kappa shape index (κ1) is 16.1. The Balaban J connectivity index is 2.44. The van der Waals surface area contributed by atoms with Crippen LogP contribution in [-0.2, 0) is 9.53 Å². The lowest BCUT2D eigenvalue weighted by atomic mass is 10.3. The van der Waals surface area contributed by atoms with Gasteiger partial charge in [-0.3, -0.25) is 4.79 Å². The molecule has 0 saturated heterocycles. The Kier molecular flexibility index (Phi) is 6.10. The number of carbonyl (C=O) groups excluding carboxylic acids is 1. The van der Waals surface area contributed by atoms with E-state index in [4.69, 9.17) is 4.74 Å². The Morgan fingerprint density at radius 3 is 2.75 bits per heavy atom. The van der Waals surface area contributed by atoms with Crippen LogP contribution in [0.3, 0.4) is 0 Å². The third-order valence-corrected chi connectivity index (χ3v) is 2.15. The van der Waals surface area contributed by atoms with Crippen LogP contribution in [0.2, 0.25) is 0 Å². The lowest BCUT2D eigenvalue weighted by Gasteiger charge is -2.11. The van der Waals surface area contributed by atoms with Gasteiger partial charge in [0, 0.05) is 25.4 Å². The first-order chi connectivity index (χ1) is 9.40. The molecule has 1 aromatic rings. The fourth-order valence-corrected chi connectivity index (χ4v) is 1.34. The van der Waals surface area contributed by atoms with E-state index in [2.05, 4.69) is 15.4 Å². The molecule has 112 valence electrons. The highest BCUT2D eigenvalue weighted by molar-refractivity contribution is 5.80. The lowest BCUT2D eigenvalue weighted by molar-refractivity contribution is -0.274. The molecule has 0 saturated carbocycles. The summed E-state index contributed by atoms with van der Waals surface area (Å²) < 4.78 is 44.7. The van der Waals surface area contributed by atoms with E-state index in [0.717, 1.165) is 6.07 Å². The Labute approximate surface area is 114 Å². The average Bonchev–Trinajstić information content (AvgIpc) is 2.35. The minimum atomic E-state index is -4.74. The van der Waals surface area contributed by atoms with Gasteiger partial charge in [0.2, 0.25) is 5.91 Å². The molecular weight excluding hydrogens is 277 g/mol. The number of hydrogen-bond acceptors (Lipinski definition) is 4. The monoisotopic (exact) mass is 292 g/mol. The van der Waals surface area contributed by atoms with E-state index in [-0.39, 0.29) is 18.2 Å². The molecule has 0 unspecified atom stereocenters. The van der Waals surface area contributed by atoms with Crippen molar-refractivity contribution in [3.8, 4) is 5.75 Å². The summed E-state index contributed by atoms with van der Waals surface area (Å²) in [4.78, 5) is 11.4. The van der Waals surface area contributed by atoms with E-state index in [1.807, 2.05) is 0 Å². The second-order valence-corrected chi connectivity index (χ2v) is 3.77. The predicted molar refractivity (Wildman–Crippen MR) is 66.5 cm³/mol. The summed E-state index contributed by atoms with van der Waals surface area (Å²) in [5, 5.41) is 5.27. The second kappa shape index (κ2) is 7.59. The Hall–Kier alpha value is -1.96. The van der Waals surface area contributed by atoms with Crippen molar-refractivity contribution in [2.45, 2.75) is 6.36 Å². The standard InChI is InChI=1S/C12H15F3N2O3/c1-19-6-5-16-11(18)8-17-9-3-2-4-10(7-9)20-12(13,14)15/h2-4,7,17H,5-6,8H2,1H3,(H,16,18). The van der Waals surface area contributed by atoms with Crippen molar-refractivity contribution in [2.24, 2.45) is 0 Å². The van der Waals surface area contributed by atoms with Crippen LogP contribution in [-0.4, -0.2) is 39.1 Å². The molecule has 0 radical (unpaired) electrons. The number of carbonyl (C=O) groups is 1. The zero-order chi connectivity index (χ0) is 15.0. The molecule has 5 nitrogen and oxygen atoms in total. The van der Waals surface area contributed by atoms with Gasteiger partial charge in [0.1, 0.15) is 5.75 Å². The molecule has 1 rings (SSSR count). The third-order valence-electron chi connectivity index (χ3n) is 2.15. The van der Waals surface area contributed by atoms with Crippen LogP contribution in [0.1, 0.15) is 0 Å². The number of ether oxygens (including phenoxy) is 2. The second-order valence-electron chi connectivity index (χ2n) is 3.77. The molecule has 0 atom stereocenters. The number of benzene rings is 1. The van der Waals surface area contributed by atoms with Crippen LogP contribution in [0, 0.1) is 0 Å². The SMILES string of the molecule is COCCNC(=O)CNc1cccc(OC(F)(F)F)c1. The van der Waals surface area contributed by atoms with Crippen LogP contribution in [0.25, 0.3) is 0 Å². The Bertz CT molecular complexity index is 438. The number of hydrogen-bond donors (Lipinski definition) is 2. The summed E-state index contributed by atoms with van der Waals surface area (Å²) in [7, 11) is 1.51. The number of methoxy groups -OCH3 is 1. The minimum Gasteiger partial charge on any atom is -0.406 e. The molecule has 0 spiro atoms. The molecule has 1 amide bonds. The highest BCUT2D eigenvalue weighted by Gasteiger charge is 2.31. The van der Waals surface area contributed by atoms with Crippen molar-refractivity contribution in [2.75, 3.05) is 32.1 Å². The van der Waals surface area contributed by atoms with Crippen molar-refractivity contribution in [1.29, 1.82) is 0 Å². The normalized spacial score (nSPS) is 11.0. The van der Waals surface area contributed by atoms with Gasteiger partial charge in [0.05, 0.1) is 13.2 Å². The molecule has 0 heterocycles. The molecule has 0 aliphatic carbocycles. The molecule has 0 aliphatic heterocycles. The number of anilines is 1. The first-order valence-corrected chi connectivity index (χ1v) is 5.76. The van der Waals surface area contributed by atoms with E-state index < -0.39 is 6.36 Å². The molecule has 0 bridgehead atoms. The van der Waals surface area contributed by atoms with Crippen LogP contribution < -0.4 is 15.4 Å². The minimum absolute atomic E-state index is 0.0564. The Morgan fingerprint density at radius 1 is 1.35 bits per heavy atom. The zero-order valence-corrected chi connectivity index (χ0v) is 10.8. The van der Waals surface area contributed by atoms with Gasteiger partial charge < -0.3 is 20.1 Å². The van der Waals surface area contributed by atoms with Crippen molar-refractivity contribution in [3.05, 3.63) is 24.3 Å². The van der Waals surface area contributed by atoms with Crippen LogP contribution >= 0.6 is 0 Å². The fourth-order valence-electron chi connectivity index (χ4n) is 1.34. The van der Waals surface area contributed by atoms with E-state index in [0.29, 0.717) is 18.8 Å². The van der Waals surface area contributed by atoms with Gasteiger partial charge in [0.25, 0.3) is 0 Å². The summed E-state index contributed by atoms with van der Waals surface area (Å²) in [6, 6.07) is 5.27. The van der Waals surface area contributed by atoms with E-state index in [1.165, 1.54) is 25.3 Å². The van der Waals surface area contributed by atoms with Crippen molar-refractivity contribution < 1.29 is 27.4 Å². The quantitative estimate of drug-likeness (QED) is 0.752. The summed E-state index contributed by atoms with van der Waals surface area (Å²) in [6.07, 6.45) is -4.74. The lowest BCUT2D eigenvalue weighted by Crippen LogP contribution is -2.32. The maximum Gasteiger partial charge on any atom is 0.573 e. The Morgan fingerprint density at radius 2 is 2.10 bits per heavy atom. The van der Waals surface area contributed by atoms with Gasteiger partial charge in [-0.05, 0) is 12.1 Å². The van der Waals surface area contributed by atoms with Crippen LogP contribution in [0.15, 0.2) is 24.3 Å². The number of alkyl halides is 3. The number of halogens is 3. The molecule has 2 N–H and O–H groups in total. The molecule has 8 heteroatoms. The molecule has 20 heavy (non-hydrogen) atoms. The van der Waals surface area contributed by atoms with Gasteiger partial charge in [-0.25, -0.2) is 0 Å². The maximum atomic E-state index is 12.0. The van der Waals surface area contributed by atoms with Gasteiger partial charge in [0.15, 0.2) is 0 Å². The molecular formula is C12H15F3N2O3. The van der Waals surface area contributed by atoms with Crippen LogP contribution in [0.5, 0.6) is 5.75 Å². The third kappa shape index (κ3) is 6.83. The number of amides is 1. The highest BCUT2D eigenvalue weighted by Crippen LogP contribution is 2.24. The fraction of sp³-hybridized carbons (Fsp3) is 0.417. The van der Waals surface area contributed by atoms with Gasteiger partial charge in [-0.1, -0.05) is 6.07 Å². The van der Waals surface area contributed by atoms with E-state index in [9.17, 15) is 18.0 Å². The number of nitrogens with one attached hydrogen (secondary N) is 2. The van der Waals surface area contributed by atoms with E-state index >= 15 is 0 Å². The van der Waals surface area contributed by atoms with Crippen molar-refractivity contribution in [1.82, 2.24) is 5.32 Å². The maximum absolute atomic E-state index is 12.0. The van der Waals surface area contributed by atoms with Gasteiger partial charge >= 0.3 is 6.36 Å². The van der Waals surface area contributed by atoms with Crippen molar-refractivity contribution >= 4 is 11.6 Å².